The first kappa shape index (κ1) is 15.2. The third kappa shape index (κ3) is 4.42. The fraction of sp³-hybridized carbons (Fsp3) is 0.333. The SMILES string of the molecule is CC(C)(CC(=O)O)NC(=O)c1cc(Br)ccc1Br. The number of halogens is 2. The molecule has 0 aliphatic carbocycles. The Morgan fingerprint density at radius 2 is 1.94 bits per heavy atom. The largest absolute Gasteiger partial charge is 0.481 e. The quantitative estimate of drug-likeness (QED) is 0.845. The molecule has 0 radical (unpaired) electrons. The van der Waals surface area contributed by atoms with Gasteiger partial charge in [-0.15, -0.1) is 0 Å². The highest BCUT2D eigenvalue weighted by Gasteiger charge is 2.25. The maximum atomic E-state index is 12.1. The molecule has 0 unspecified atom stereocenters. The Morgan fingerprint density at radius 1 is 1.33 bits per heavy atom. The lowest BCUT2D eigenvalue weighted by Gasteiger charge is -2.24. The molecule has 0 aliphatic heterocycles. The van der Waals surface area contributed by atoms with Crippen LogP contribution in [0.4, 0.5) is 0 Å². The van der Waals surface area contributed by atoms with Gasteiger partial charge in [0.2, 0.25) is 0 Å². The van der Waals surface area contributed by atoms with Crippen molar-refractivity contribution in [3.63, 3.8) is 0 Å². The van der Waals surface area contributed by atoms with E-state index in [1.807, 2.05) is 6.07 Å². The van der Waals surface area contributed by atoms with E-state index in [0.717, 1.165) is 4.47 Å². The molecule has 6 heteroatoms. The molecule has 0 heterocycles. The first-order chi connectivity index (χ1) is 8.21. The van der Waals surface area contributed by atoms with Gasteiger partial charge in [0.05, 0.1) is 12.0 Å². The topological polar surface area (TPSA) is 66.4 Å². The van der Waals surface area contributed by atoms with Crippen molar-refractivity contribution < 1.29 is 14.7 Å². The van der Waals surface area contributed by atoms with E-state index in [0.29, 0.717) is 10.0 Å². The first-order valence-electron chi connectivity index (χ1n) is 5.20. The van der Waals surface area contributed by atoms with Crippen LogP contribution in [-0.4, -0.2) is 22.5 Å². The van der Waals surface area contributed by atoms with E-state index in [1.54, 1.807) is 26.0 Å². The minimum Gasteiger partial charge on any atom is -0.481 e. The average Bonchev–Trinajstić information content (AvgIpc) is 2.18. The number of carboxylic acids is 1. The molecule has 1 amide bonds. The minimum atomic E-state index is -0.950. The standard InChI is InChI=1S/C12H13Br2NO3/c1-12(2,6-10(16)17)15-11(18)8-5-7(13)3-4-9(8)14/h3-5H,6H2,1-2H3,(H,15,18)(H,16,17). The number of hydrogen-bond acceptors (Lipinski definition) is 2. The van der Waals surface area contributed by atoms with Crippen LogP contribution in [0.15, 0.2) is 27.1 Å². The molecule has 1 aromatic carbocycles. The van der Waals surface area contributed by atoms with Crippen LogP contribution in [0, 0.1) is 0 Å². The number of carboxylic acid groups (broad SMARTS) is 1. The zero-order chi connectivity index (χ0) is 13.9. The molecule has 0 saturated heterocycles. The summed E-state index contributed by atoms with van der Waals surface area (Å²) in [5.74, 6) is -1.26. The molecule has 0 atom stereocenters. The van der Waals surface area contributed by atoms with Crippen LogP contribution in [0.3, 0.4) is 0 Å². The summed E-state index contributed by atoms with van der Waals surface area (Å²) in [4.78, 5) is 22.7. The van der Waals surface area contributed by atoms with Crippen LogP contribution < -0.4 is 5.32 Å². The maximum absolute atomic E-state index is 12.1. The lowest BCUT2D eigenvalue weighted by atomic mass is 10.00. The number of hydrogen-bond donors (Lipinski definition) is 2. The predicted molar refractivity (Wildman–Crippen MR) is 75.6 cm³/mol. The van der Waals surface area contributed by atoms with Crippen molar-refractivity contribution >= 4 is 43.7 Å². The summed E-state index contributed by atoms with van der Waals surface area (Å²) in [5.41, 5.74) is -0.340. The van der Waals surface area contributed by atoms with Gasteiger partial charge in [-0.3, -0.25) is 9.59 Å². The lowest BCUT2D eigenvalue weighted by Crippen LogP contribution is -2.45. The number of amides is 1. The third-order valence-electron chi connectivity index (χ3n) is 2.22. The Labute approximate surface area is 122 Å². The highest BCUT2D eigenvalue weighted by atomic mass is 79.9. The summed E-state index contributed by atoms with van der Waals surface area (Å²) in [6.45, 7) is 3.34. The van der Waals surface area contributed by atoms with Gasteiger partial charge in [0.15, 0.2) is 0 Å². The normalized spacial score (nSPS) is 11.1. The lowest BCUT2D eigenvalue weighted by molar-refractivity contribution is -0.138. The molecule has 0 bridgehead atoms. The summed E-state index contributed by atoms with van der Waals surface area (Å²) in [7, 11) is 0. The number of carbonyl (C=O) groups is 2. The molecule has 98 valence electrons. The van der Waals surface area contributed by atoms with Gasteiger partial charge in [-0.05, 0) is 48.0 Å². The maximum Gasteiger partial charge on any atom is 0.305 e. The molecule has 2 N–H and O–H groups in total. The predicted octanol–water partition coefficient (Wildman–Crippen LogP) is 3.19. The number of aliphatic carboxylic acids is 1. The zero-order valence-electron chi connectivity index (χ0n) is 9.96. The Morgan fingerprint density at radius 3 is 2.50 bits per heavy atom. The van der Waals surface area contributed by atoms with Gasteiger partial charge >= 0.3 is 5.97 Å². The summed E-state index contributed by atoms with van der Waals surface area (Å²) in [6.07, 6.45) is -0.135. The van der Waals surface area contributed by atoms with Crippen LogP contribution in [-0.2, 0) is 4.79 Å². The fourth-order valence-corrected chi connectivity index (χ4v) is 2.26. The Balaban J connectivity index is 2.88. The fourth-order valence-electron chi connectivity index (χ4n) is 1.47. The number of benzene rings is 1. The van der Waals surface area contributed by atoms with E-state index in [-0.39, 0.29) is 12.3 Å². The van der Waals surface area contributed by atoms with E-state index in [2.05, 4.69) is 37.2 Å². The summed E-state index contributed by atoms with van der Waals surface area (Å²) in [5, 5.41) is 11.5. The van der Waals surface area contributed by atoms with Crippen molar-refractivity contribution in [3.8, 4) is 0 Å². The highest BCUT2D eigenvalue weighted by molar-refractivity contribution is 9.11. The van der Waals surface area contributed by atoms with Crippen LogP contribution >= 0.6 is 31.9 Å². The van der Waals surface area contributed by atoms with Gasteiger partial charge in [-0.2, -0.15) is 0 Å². The Kier molecular flexibility index (Phi) is 4.92. The van der Waals surface area contributed by atoms with Crippen LogP contribution in [0.2, 0.25) is 0 Å². The van der Waals surface area contributed by atoms with Crippen LogP contribution in [0.5, 0.6) is 0 Å². The van der Waals surface area contributed by atoms with Gasteiger partial charge in [-0.25, -0.2) is 0 Å². The third-order valence-corrected chi connectivity index (χ3v) is 3.40. The Bertz CT molecular complexity index is 486. The Hall–Kier alpha value is -0.880. The van der Waals surface area contributed by atoms with Gasteiger partial charge in [0.25, 0.3) is 5.91 Å². The van der Waals surface area contributed by atoms with E-state index in [9.17, 15) is 9.59 Å². The average molecular weight is 379 g/mol. The van der Waals surface area contributed by atoms with Gasteiger partial charge in [-0.1, -0.05) is 15.9 Å². The molecule has 1 aromatic rings. The number of carbonyl (C=O) groups excluding carboxylic acids is 1. The zero-order valence-corrected chi connectivity index (χ0v) is 13.1. The number of rotatable bonds is 4. The van der Waals surface area contributed by atoms with Crippen molar-refractivity contribution in [1.29, 1.82) is 0 Å². The van der Waals surface area contributed by atoms with Gasteiger partial charge < -0.3 is 10.4 Å². The monoisotopic (exact) mass is 377 g/mol. The number of nitrogens with one attached hydrogen (secondary N) is 1. The van der Waals surface area contributed by atoms with E-state index >= 15 is 0 Å². The molecule has 1 rings (SSSR count). The van der Waals surface area contributed by atoms with Crippen molar-refractivity contribution in [1.82, 2.24) is 5.32 Å². The van der Waals surface area contributed by atoms with E-state index in [1.165, 1.54) is 0 Å². The van der Waals surface area contributed by atoms with Crippen molar-refractivity contribution in [2.75, 3.05) is 0 Å². The van der Waals surface area contributed by atoms with E-state index in [4.69, 9.17) is 5.11 Å². The highest BCUT2D eigenvalue weighted by Crippen LogP contribution is 2.22. The second-order valence-corrected chi connectivity index (χ2v) is 6.30. The summed E-state index contributed by atoms with van der Waals surface area (Å²) < 4.78 is 1.45. The molecule has 0 aliphatic rings. The second-order valence-electron chi connectivity index (χ2n) is 4.53. The minimum absolute atomic E-state index is 0.135. The summed E-state index contributed by atoms with van der Waals surface area (Å²) in [6, 6.07) is 5.24. The molecule has 4 nitrogen and oxygen atoms in total. The van der Waals surface area contributed by atoms with Crippen molar-refractivity contribution in [3.05, 3.63) is 32.7 Å². The van der Waals surface area contributed by atoms with Gasteiger partial charge in [0.1, 0.15) is 0 Å². The van der Waals surface area contributed by atoms with Gasteiger partial charge in [0, 0.05) is 14.5 Å². The van der Waals surface area contributed by atoms with Crippen LogP contribution in [0.25, 0.3) is 0 Å². The van der Waals surface area contributed by atoms with E-state index < -0.39 is 11.5 Å². The van der Waals surface area contributed by atoms with Crippen molar-refractivity contribution in [2.45, 2.75) is 25.8 Å². The second kappa shape index (κ2) is 5.84. The molecule has 0 saturated carbocycles. The molecular formula is C12H13Br2NO3. The van der Waals surface area contributed by atoms with Crippen molar-refractivity contribution in [2.24, 2.45) is 0 Å². The first-order valence-corrected chi connectivity index (χ1v) is 6.79. The molecular weight excluding hydrogens is 366 g/mol. The smallest absolute Gasteiger partial charge is 0.305 e. The van der Waals surface area contributed by atoms with Crippen LogP contribution in [0.1, 0.15) is 30.6 Å². The summed E-state index contributed by atoms with van der Waals surface area (Å²) >= 11 is 6.58. The molecule has 0 aromatic heterocycles. The molecule has 0 fully saturated rings. The molecule has 18 heavy (non-hydrogen) atoms. The molecule has 0 spiro atoms.